The molecule has 1 unspecified atom stereocenters. The number of hydrogen-bond donors (Lipinski definition) is 1. The Bertz CT molecular complexity index is 224. The molecule has 0 aliphatic heterocycles. The summed E-state index contributed by atoms with van der Waals surface area (Å²) in [6.07, 6.45) is 1.82. The molecular weight excluding hydrogens is 160 g/mol. The van der Waals surface area contributed by atoms with Gasteiger partial charge in [0.05, 0.1) is 7.11 Å². The van der Waals surface area contributed by atoms with Gasteiger partial charge >= 0.3 is 0 Å². The van der Waals surface area contributed by atoms with E-state index in [4.69, 9.17) is 10.5 Å². The largest absolute Gasteiger partial charge is 0.473 e. The third-order valence-electron chi connectivity index (χ3n) is 1.52. The second-order valence-corrected chi connectivity index (χ2v) is 3.39. The van der Waals surface area contributed by atoms with Crippen molar-refractivity contribution < 1.29 is 4.74 Å². The van der Waals surface area contributed by atoms with Crippen LogP contribution in [-0.4, -0.2) is 18.6 Å². The van der Waals surface area contributed by atoms with Crippen LogP contribution in [-0.2, 0) is 0 Å². The van der Waals surface area contributed by atoms with Crippen LogP contribution in [0.2, 0.25) is 0 Å². The summed E-state index contributed by atoms with van der Waals surface area (Å²) in [5.41, 5.74) is 5.49. The van der Waals surface area contributed by atoms with Crippen LogP contribution in [0.1, 0.15) is 17.7 Å². The lowest BCUT2D eigenvalue weighted by Gasteiger charge is -2.01. The Morgan fingerprint density at radius 1 is 1.82 bits per heavy atom. The van der Waals surface area contributed by atoms with E-state index in [1.165, 1.54) is 4.88 Å². The van der Waals surface area contributed by atoms with Gasteiger partial charge in [-0.05, 0) is 6.54 Å². The number of hydrogen-bond acceptors (Lipinski definition) is 4. The van der Waals surface area contributed by atoms with Crippen LogP contribution in [0.15, 0.2) is 6.20 Å². The predicted molar refractivity (Wildman–Crippen MR) is 46.1 cm³/mol. The number of methoxy groups -OCH3 is 1. The van der Waals surface area contributed by atoms with Crippen molar-refractivity contribution in [3.8, 4) is 5.19 Å². The first-order valence-electron chi connectivity index (χ1n) is 3.47. The first-order chi connectivity index (χ1) is 5.27. The Morgan fingerprint density at radius 2 is 2.55 bits per heavy atom. The van der Waals surface area contributed by atoms with Gasteiger partial charge in [-0.3, -0.25) is 0 Å². The zero-order chi connectivity index (χ0) is 8.27. The van der Waals surface area contributed by atoms with E-state index in [1.54, 1.807) is 18.4 Å². The molecule has 11 heavy (non-hydrogen) atoms. The lowest BCUT2D eigenvalue weighted by Crippen LogP contribution is -2.07. The molecule has 1 heterocycles. The molecule has 0 saturated carbocycles. The summed E-state index contributed by atoms with van der Waals surface area (Å²) in [6, 6.07) is 0. The molecule has 0 fully saturated rings. The minimum absolute atomic E-state index is 0.386. The lowest BCUT2D eigenvalue weighted by atomic mass is 10.2. The van der Waals surface area contributed by atoms with Gasteiger partial charge < -0.3 is 10.5 Å². The summed E-state index contributed by atoms with van der Waals surface area (Å²) < 4.78 is 4.96. The highest BCUT2D eigenvalue weighted by Gasteiger charge is 2.07. The zero-order valence-corrected chi connectivity index (χ0v) is 7.52. The quantitative estimate of drug-likeness (QED) is 0.745. The summed E-state index contributed by atoms with van der Waals surface area (Å²) in [5.74, 6) is 0.386. The average molecular weight is 172 g/mol. The van der Waals surface area contributed by atoms with Gasteiger partial charge in [-0.15, -0.1) is 0 Å². The molecule has 3 nitrogen and oxygen atoms in total. The van der Waals surface area contributed by atoms with E-state index in [1.807, 2.05) is 6.20 Å². The van der Waals surface area contributed by atoms with E-state index >= 15 is 0 Å². The van der Waals surface area contributed by atoms with Crippen LogP contribution in [0.25, 0.3) is 0 Å². The predicted octanol–water partition coefficient (Wildman–Crippen LogP) is 1.21. The molecule has 0 amide bonds. The van der Waals surface area contributed by atoms with Crippen LogP contribution in [0.5, 0.6) is 5.19 Å². The Morgan fingerprint density at radius 3 is 3.00 bits per heavy atom. The van der Waals surface area contributed by atoms with Crippen LogP contribution in [0, 0.1) is 0 Å². The number of aromatic nitrogens is 1. The minimum Gasteiger partial charge on any atom is -0.473 e. The Labute approximate surface area is 70.2 Å². The average Bonchev–Trinajstić information content (AvgIpc) is 2.50. The molecule has 1 atom stereocenters. The number of nitrogens with zero attached hydrogens (tertiary/aromatic N) is 1. The molecule has 0 radical (unpaired) electrons. The van der Waals surface area contributed by atoms with Gasteiger partial charge in [0.2, 0.25) is 0 Å². The van der Waals surface area contributed by atoms with Crippen molar-refractivity contribution >= 4 is 11.3 Å². The summed E-state index contributed by atoms with van der Waals surface area (Å²) in [6.45, 7) is 2.73. The smallest absolute Gasteiger partial charge is 0.273 e. The summed E-state index contributed by atoms with van der Waals surface area (Å²) in [7, 11) is 1.62. The van der Waals surface area contributed by atoms with E-state index in [2.05, 4.69) is 11.9 Å². The highest BCUT2D eigenvalue weighted by atomic mass is 32.1. The molecular formula is C7H12N2OS. The topological polar surface area (TPSA) is 48.1 Å². The van der Waals surface area contributed by atoms with Crippen LogP contribution < -0.4 is 10.5 Å². The standard InChI is InChI=1S/C7H12N2OS/c1-5(3-8)6-4-9-7(10-2)11-6/h4-5H,3,8H2,1-2H3. The van der Waals surface area contributed by atoms with E-state index in [0.717, 1.165) is 0 Å². The number of thiazole rings is 1. The van der Waals surface area contributed by atoms with Gasteiger partial charge in [-0.25, -0.2) is 4.98 Å². The molecule has 0 bridgehead atoms. The Hall–Kier alpha value is -0.610. The monoisotopic (exact) mass is 172 g/mol. The Kier molecular flexibility index (Phi) is 2.84. The van der Waals surface area contributed by atoms with Crippen molar-refractivity contribution in [1.29, 1.82) is 0 Å². The molecule has 0 aliphatic rings. The number of rotatable bonds is 3. The van der Waals surface area contributed by atoms with Crippen molar-refractivity contribution in [2.45, 2.75) is 12.8 Å². The molecule has 1 rings (SSSR count). The highest BCUT2D eigenvalue weighted by molar-refractivity contribution is 7.13. The molecule has 0 spiro atoms. The minimum atomic E-state index is 0.386. The molecule has 62 valence electrons. The zero-order valence-electron chi connectivity index (χ0n) is 6.70. The van der Waals surface area contributed by atoms with Crippen molar-refractivity contribution in [2.75, 3.05) is 13.7 Å². The van der Waals surface area contributed by atoms with Crippen LogP contribution >= 0.6 is 11.3 Å². The van der Waals surface area contributed by atoms with E-state index in [0.29, 0.717) is 17.7 Å². The fourth-order valence-electron chi connectivity index (χ4n) is 0.708. The molecule has 1 aromatic rings. The van der Waals surface area contributed by atoms with Crippen LogP contribution in [0.4, 0.5) is 0 Å². The first kappa shape index (κ1) is 8.49. The fraction of sp³-hybridized carbons (Fsp3) is 0.571. The van der Waals surface area contributed by atoms with E-state index in [9.17, 15) is 0 Å². The van der Waals surface area contributed by atoms with Crippen molar-refractivity contribution in [1.82, 2.24) is 4.98 Å². The van der Waals surface area contributed by atoms with E-state index in [-0.39, 0.29) is 0 Å². The van der Waals surface area contributed by atoms with Gasteiger partial charge in [-0.2, -0.15) is 0 Å². The molecule has 1 aromatic heterocycles. The third-order valence-corrected chi connectivity index (χ3v) is 2.71. The molecule has 0 aromatic carbocycles. The maximum Gasteiger partial charge on any atom is 0.273 e. The van der Waals surface area contributed by atoms with Crippen molar-refractivity contribution in [3.63, 3.8) is 0 Å². The lowest BCUT2D eigenvalue weighted by molar-refractivity contribution is 0.412. The maximum absolute atomic E-state index is 5.49. The van der Waals surface area contributed by atoms with Gasteiger partial charge in [0.1, 0.15) is 0 Å². The molecule has 4 heteroatoms. The maximum atomic E-state index is 5.49. The fourth-order valence-corrected chi connectivity index (χ4v) is 1.50. The van der Waals surface area contributed by atoms with Gasteiger partial charge in [-0.1, -0.05) is 18.3 Å². The second kappa shape index (κ2) is 3.69. The normalized spacial score (nSPS) is 13.0. The third kappa shape index (κ3) is 1.91. The van der Waals surface area contributed by atoms with E-state index < -0.39 is 0 Å². The summed E-state index contributed by atoms with van der Waals surface area (Å²) >= 11 is 1.55. The van der Waals surface area contributed by atoms with Crippen molar-refractivity contribution in [2.24, 2.45) is 5.73 Å². The molecule has 0 saturated heterocycles. The molecule has 2 N–H and O–H groups in total. The number of ether oxygens (including phenoxy) is 1. The number of nitrogens with two attached hydrogens (primary N) is 1. The van der Waals surface area contributed by atoms with Gasteiger partial charge in [0, 0.05) is 17.0 Å². The highest BCUT2D eigenvalue weighted by Crippen LogP contribution is 2.25. The van der Waals surface area contributed by atoms with Gasteiger partial charge in [0.25, 0.3) is 5.19 Å². The van der Waals surface area contributed by atoms with Gasteiger partial charge in [0.15, 0.2) is 0 Å². The first-order valence-corrected chi connectivity index (χ1v) is 4.29. The second-order valence-electron chi connectivity index (χ2n) is 2.37. The molecule has 0 aliphatic carbocycles. The SMILES string of the molecule is COc1ncc(C(C)CN)s1. The van der Waals surface area contributed by atoms with Crippen molar-refractivity contribution in [3.05, 3.63) is 11.1 Å². The summed E-state index contributed by atoms with van der Waals surface area (Å²) in [5, 5.41) is 0.709. The Balaban J connectivity index is 2.71. The summed E-state index contributed by atoms with van der Waals surface area (Å²) in [4.78, 5) is 5.23. The van der Waals surface area contributed by atoms with Crippen LogP contribution in [0.3, 0.4) is 0 Å².